The predicted octanol–water partition coefficient (Wildman–Crippen LogP) is 4.52. The number of thioether (sulfide) groups is 1. The molecule has 0 nitrogen and oxygen atoms in total. The molecule has 0 unspecified atom stereocenters. The zero-order valence-electron chi connectivity index (χ0n) is 6.87. The maximum absolute atomic E-state index is 4.45. The number of benzene rings is 1. The van der Waals surface area contributed by atoms with Crippen LogP contribution in [0.2, 0.25) is 0 Å². The standard InChI is InChI=1S/C9H7IS3/c1-12-7-4-13-9-6(11)3-2-5(10)8(7)9/h2-4,11H,1H3. The van der Waals surface area contributed by atoms with Gasteiger partial charge in [0, 0.05) is 28.8 Å². The van der Waals surface area contributed by atoms with E-state index in [4.69, 9.17) is 0 Å². The molecule has 0 radical (unpaired) electrons. The van der Waals surface area contributed by atoms with E-state index < -0.39 is 0 Å². The van der Waals surface area contributed by atoms with Gasteiger partial charge in [-0.1, -0.05) is 0 Å². The van der Waals surface area contributed by atoms with Crippen LogP contribution in [0.3, 0.4) is 0 Å². The van der Waals surface area contributed by atoms with E-state index in [9.17, 15) is 0 Å². The van der Waals surface area contributed by atoms with Crippen LogP contribution in [0.1, 0.15) is 0 Å². The van der Waals surface area contributed by atoms with Crippen molar-refractivity contribution in [1.29, 1.82) is 0 Å². The van der Waals surface area contributed by atoms with E-state index in [0.29, 0.717) is 0 Å². The van der Waals surface area contributed by atoms with Gasteiger partial charge in [0.1, 0.15) is 0 Å². The third-order valence-electron chi connectivity index (χ3n) is 1.84. The SMILES string of the molecule is CSc1csc2c(S)ccc(I)c12. The van der Waals surface area contributed by atoms with Crippen molar-refractivity contribution in [3.05, 3.63) is 21.1 Å². The maximum atomic E-state index is 4.45. The van der Waals surface area contributed by atoms with E-state index in [1.54, 1.807) is 23.1 Å². The second kappa shape index (κ2) is 4.00. The number of halogens is 1. The van der Waals surface area contributed by atoms with Crippen LogP contribution in [-0.2, 0) is 0 Å². The molecule has 0 aliphatic heterocycles. The molecule has 0 saturated heterocycles. The monoisotopic (exact) mass is 338 g/mol. The summed E-state index contributed by atoms with van der Waals surface area (Å²) >= 11 is 10.4. The van der Waals surface area contributed by atoms with Gasteiger partial charge in [0.05, 0.1) is 0 Å². The van der Waals surface area contributed by atoms with Gasteiger partial charge in [-0.3, -0.25) is 0 Å². The minimum atomic E-state index is 1.08. The van der Waals surface area contributed by atoms with Gasteiger partial charge in [0.25, 0.3) is 0 Å². The number of hydrogen-bond donors (Lipinski definition) is 1. The van der Waals surface area contributed by atoms with Crippen molar-refractivity contribution < 1.29 is 0 Å². The summed E-state index contributed by atoms with van der Waals surface area (Å²) in [6.45, 7) is 0. The van der Waals surface area contributed by atoms with Gasteiger partial charge in [0.15, 0.2) is 0 Å². The van der Waals surface area contributed by atoms with Crippen LogP contribution >= 0.6 is 58.3 Å². The minimum Gasteiger partial charge on any atom is -0.142 e. The van der Waals surface area contributed by atoms with Crippen molar-refractivity contribution in [1.82, 2.24) is 0 Å². The van der Waals surface area contributed by atoms with Gasteiger partial charge in [-0.25, -0.2) is 0 Å². The molecule has 4 heteroatoms. The molecule has 0 fully saturated rings. The summed E-state index contributed by atoms with van der Waals surface area (Å²) in [4.78, 5) is 2.45. The van der Waals surface area contributed by atoms with Gasteiger partial charge in [-0.05, 0) is 41.0 Å². The van der Waals surface area contributed by atoms with E-state index >= 15 is 0 Å². The van der Waals surface area contributed by atoms with E-state index in [0.717, 1.165) is 4.90 Å². The molecule has 68 valence electrons. The Morgan fingerprint density at radius 2 is 2.23 bits per heavy atom. The van der Waals surface area contributed by atoms with Crippen molar-refractivity contribution in [3.63, 3.8) is 0 Å². The highest BCUT2D eigenvalue weighted by Crippen LogP contribution is 2.38. The van der Waals surface area contributed by atoms with Crippen molar-refractivity contribution in [2.24, 2.45) is 0 Å². The lowest BCUT2D eigenvalue weighted by molar-refractivity contribution is 1.54. The van der Waals surface area contributed by atoms with E-state index in [1.807, 2.05) is 0 Å². The smallest absolute Gasteiger partial charge is 0.0498 e. The first kappa shape index (κ1) is 10.1. The highest BCUT2D eigenvalue weighted by Gasteiger charge is 2.08. The molecule has 0 saturated carbocycles. The summed E-state index contributed by atoms with van der Waals surface area (Å²) in [6, 6.07) is 4.19. The number of thiol groups is 1. The summed E-state index contributed by atoms with van der Waals surface area (Å²) in [6.07, 6.45) is 2.11. The fraction of sp³-hybridized carbons (Fsp3) is 0.111. The lowest BCUT2D eigenvalue weighted by Gasteiger charge is -1.99. The number of rotatable bonds is 1. The molecule has 13 heavy (non-hydrogen) atoms. The van der Waals surface area contributed by atoms with Crippen molar-refractivity contribution >= 4 is 68.4 Å². The second-order valence-electron chi connectivity index (χ2n) is 2.57. The van der Waals surface area contributed by atoms with E-state index in [2.05, 4.69) is 59.0 Å². The molecule has 0 N–H and O–H groups in total. The first-order valence-corrected chi connectivity index (χ1v) is 7.29. The molecule has 0 spiro atoms. The van der Waals surface area contributed by atoms with E-state index in [-0.39, 0.29) is 0 Å². The van der Waals surface area contributed by atoms with Crippen molar-refractivity contribution in [3.8, 4) is 0 Å². The largest absolute Gasteiger partial charge is 0.142 e. The Morgan fingerprint density at radius 1 is 1.46 bits per heavy atom. The molecule has 2 rings (SSSR count). The second-order valence-corrected chi connectivity index (χ2v) is 5.95. The number of hydrogen-bond acceptors (Lipinski definition) is 3. The van der Waals surface area contributed by atoms with Crippen molar-refractivity contribution in [2.45, 2.75) is 9.79 Å². The minimum absolute atomic E-state index is 1.08. The van der Waals surface area contributed by atoms with Crippen LogP contribution in [0.15, 0.2) is 27.3 Å². The van der Waals surface area contributed by atoms with Crippen LogP contribution in [0.25, 0.3) is 10.1 Å². The fourth-order valence-electron chi connectivity index (χ4n) is 1.22. The van der Waals surface area contributed by atoms with Crippen LogP contribution in [-0.4, -0.2) is 6.26 Å². The van der Waals surface area contributed by atoms with Crippen LogP contribution in [0.4, 0.5) is 0 Å². The molecule has 1 aromatic heterocycles. The van der Waals surface area contributed by atoms with Crippen LogP contribution in [0.5, 0.6) is 0 Å². The summed E-state index contributed by atoms with van der Waals surface area (Å²) in [5.74, 6) is 0. The van der Waals surface area contributed by atoms with Gasteiger partial charge in [-0.15, -0.1) is 35.7 Å². The summed E-state index contributed by atoms with van der Waals surface area (Å²) < 4.78 is 2.62. The summed E-state index contributed by atoms with van der Waals surface area (Å²) in [5, 5.41) is 3.57. The normalized spacial score (nSPS) is 11.0. The highest BCUT2D eigenvalue weighted by atomic mass is 127. The van der Waals surface area contributed by atoms with Gasteiger partial charge in [-0.2, -0.15) is 0 Å². The Morgan fingerprint density at radius 3 is 2.92 bits per heavy atom. The molecule has 2 aromatic rings. The molecule has 0 aliphatic rings. The van der Waals surface area contributed by atoms with Gasteiger partial charge < -0.3 is 0 Å². The maximum Gasteiger partial charge on any atom is 0.0498 e. The first-order chi connectivity index (χ1) is 6.24. The van der Waals surface area contributed by atoms with Crippen LogP contribution < -0.4 is 0 Å². The Bertz CT molecular complexity index is 447. The lowest BCUT2D eigenvalue weighted by atomic mass is 10.3. The average Bonchev–Trinajstić information content (AvgIpc) is 2.56. The van der Waals surface area contributed by atoms with Gasteiger partial charge >= 0.3 is 0 Å². The number of fused-ring (bicyclic) bond motifs is 1. The quantitative estimate of drug-likeness (QED) is 0.453. The zero-order valence-corrected chi connectivity index (χ0v) is 11.6. The number of thiophene rings is 1. The molecule has 0 bridgehead atoms. The molecule has 0 amide bonds. The zero-order chi connectivity index (χ0) is 9.42. The Hall–Kier alpha value is 0.610. The third-order valence-corrected chi connectivity index (χ3v) is 5.18. The first-order valence-electron chi connectivity index (χ1n) is 3.66. The molecule has 1 heterocycles. The molecule has 0 atom stereocenters. The average molecular weight is 338 g/mol. The predicted molar refractivity (Wildman–Crippen MR) is 73.6 cm³/mol. The fourth-order valence-corrected chi connectivity index (χ4v) is 4.55. The molecule has 1 aromatic carbocycles. The molecular formula is C9H7IS3. The Balaban J connectivity index is 2.87. The lowest BCUT2D eigenvalue weighted by Crippen LogP contribution is -1.75. The van der Waals surface area contributed by atoms with Gasteiger partial charge in [0.2, 0.25) is 0 Å². The molecule has 0 aliphatic carbocycles. The highest BCUT2D eigenvalue weighted by molar-refractivity contribution is 14.1. The topological polar surface area (TPSA) is 0 Å². The van der Waals surface area contributed by atoms with E-state index in [1.165, 1.54) is 18.6 Å². The van der Waals surface area contributed by atoms with Crippen LogP contribution in [0, 0.1) is 3.57 Å². The Labute approximate surface area is 105 Å². The summed E-state index contributed by atoms with van der Waals surface area (Å²) in [7, 11) is 0. The Kier molecular flexibility index (Phi) is 3.12. The third kappa shape index (κ3) is 1.73. The molecular weight excluding hydrogens is 331 g/mol. The summed E-state index contributed by atoms with van der Waals surface area (Å²) in [5.41, 5.74) is 0. The van der Waals surface area contributed by atoms with Crippen molar-refractivity contribution in [2.75, 3.05) is 6.26 Å².